The van der Waals surface area contributed by atoms with Crippen molar-refractivity contribution in [1.82, 2.24) is 9.80 Å². The molecule has 2 aromatic rings. The Balaban J connectivity index is 1.49. The van der Waals surface area contributed by atoms with Crippen LogP contribution in [0.1, 0.15) is 29.3 Å². The molecule has 0 radical (unpaired) electrons. The minimum atomic E-state index is -0.142. The highest BCUT2D eigenvalue weighted by Crippen LogP contribution is 2.34. The number of rotatable bonds is 8. The number of methoxy groups -OCH3 is 1. The van der Waals surface area contributed by atoms with Crippen molar-refractivity contribution in [3.8, 4) is 5.75 Å². The predicted molar refractivity (Wildman–Crippen MR) is 111 cm³/mol. The highest BCUT2D eigenvalue weighted by molar-refractivity contribution is 7.10. The summed E-state index contributed by atoms with van der Waals surface area (Å²) in [6.45, 7) is 1.16. The number of amides is 2. The molecule has 1 aliphatic heterocycles. The molecular weight excluding hydrogens is 388 g/mol. The van der Waals surface area contributed by atoms with Gasteiger partial charge in [-0.1, -0.05) is 18.2 Å². The van der Waals surface area contributed by atoms with Crippen molar-refractivity contribution in [2.45, 2.75) is 31.3 Å². The van der Waals surface area contributed by atoms with Gasteiger partial charge in [0.1, 0.15) is 25.5 Å². The smallest absolute Gasteiger partial charge is 0.249 e. The van der Waals surface area contributed by atoms with Gasteiger partial charge in [-0.3, -0.25) is 9.59 Å². The lowest BCUT2D eigenvalue weighted by Crippen LogP contribution is -2.49. The highest BCUT2D eigenvalue weighted by atomic mass is 32.1. The monoisotopic (exact) mass is 414 g/mol. The first kappa shape index (κ1) is 19.9. The van der Waals surface area contributed by atoms with E-state index >= 15 is 0 Å². The fraction of sp³-hybridized carbons (Fsp3) is 0.455. The van der Waals surface area contributed by atoms with E-state index in [0.717, 1.165) is 30.6 Å². The molecule has 0 N–H and O–H groups in total. The SMILES string of the molecule is COCC(=O)N(CC(=O)N1CCc2sccc2[C@@H]1COc1ccccc1)C1CC1. The van der Waals surface area contributed by atoms with Crippen LogP contribution in [0.25, 0.3) is 0 Å². The molecule has 6 nitrogen and oxygen atoms in total. The molecule has 1 aromatic carbocycles. The normalized spacial score (nSPS) is 18.2. The number of benzene rings is 1. The number of thiophene rings is 1. The summed E-state index contributed by atoms with van der Waals surface area (Å²) in [7, 11) is 1.50. The zero-order chi connectivity index (χ0) is 20.2. The Kier molecular flexibility index (Phi) is 6.16. The lowest BCUT2D eigenvalue weighted by molar-refractivity contribution is -0.145. The Morgan fingerprint density at radius 2 is 2.00 bits per heavy atom. The zero-order valence-corrected chi connectivity index (χ0v) is 17.4. The molecule has 0 saturated heterocycles. The number of carbonyl (C=O) groups excluding carboxylic acids is 2. The topological polar surface area (TPSA) is 59.1 Å². The first-order valence-electron chi connectivity index (χ1n) is 9.99. The molecule has 4 rings (SSSR count). The highest BCUT2D eigenvalue weighted by Gasteiger charge is 2.37. The number of ether oxygens (including phenoxy) is 2. The average molecular weight is 415 g/mol. The van der Waals surface area contributed by atoms with Crippen LogP contribution >= 0.6 is 11.3 Å². The summed E-state index contributed by atoms with van der Waals surface area (Å²) in [5.41, 5.74) is 1.16. The standard InChI is InChI=1S/C22H26N2O4S/c1-27-15-22(26)24(16-7-8-16)13-21(25)23-11-9-20-18(10-12-29-20)19(23)14-28-17-5-3-2-4-6-17/h2-6,10,12,16,19H,7-9,11,13-15H2,1H3/t19-/m0/s1. The van der Waals surface area contributed by atoms with E-state index in [-0.39, 0.29) is 37.0 Å². The van der Waals surface area contributed by atoms with Crippen LogP contribution in [0.5, 0.6) is 5.75 Å². The van der Waals surface area contributed by atoms with Crippen molar-refractivity contribution in [3.05, 3.63) is 52.2 Å². The Bertz CT molecular complexity index is 850. The first-order chi connectivity index (χ1) is 14.2. The van der Waals surface area contributed by atoms with E-state index in [0.29, 0.717) is 13.2 Å². The molecule has 0 unspecified atom stereocenters. The minimum absolute atomic E-state index is 0.0129. The van der Waals surface area contributed by atoms with Gasteiger partial charge in [-0.05, 0) is 48.4 Å². The Hall–Kier alpha value is -2.38. The number of hydrogen-bond donors (Lipinski definition) is 0. The second-order valence-corrected chi connectivity index (χ2v) is 8.46. The third-order valence-corrected chi connectivity index (χ3v) is 6.44. The summed E-state index contributed by atoms with van der Waals surface area (Å²) in [6, 6.07) is 11.8. The molecule has 7 heteroatoms. The van der Waals surface area contributed by atoms with Crippen molar-refractivity contribution in [2.75, 3.05) is 33.4 Å². The largest absolute Gasteiger partial charge is 0.491 e. The number of para-hydroxylation sites is 1. The van der Waals surface area contributed by atoms with E-state index in [2.05, 4.69) is 11.4 Å². The van der Waals surface area contributed by atoms with E-state index in [1.54, 1.807) is 16.2 Å². The third kappa shape index (κ3) is 4.62. The van der Waals surface area contributed by atoms with Gasteiger partial charge in [0.05, 0.1) is 6.04 Å². The van der Waals surface area contributed by atoms with Gasteiger partial charge in [-0.2, -0.15) is 0 Å². The third-order valence-electron chi connectivity index (χ3n) is 5.45. The van der Waals surface area contributed by atoms with E-state index in [4.69, 9.17) is 9.47 Å². The molecule has 1 fully saturated rings. The molecule has 2 aliphatic rings. The van der Waals surface area contributed by atoms with E-state index in [1.165, 1.54) is 12.0 Å². The second-order valence-electron chi connectivity index (χ2n) is 7.46. The van der Waals surface area contributed by atoms with Crippen molar-refractivity contribution in [2.24, 2.45) is 0 Å². The number of fused-ring (bicyclic) bond motifs is 1. The maximum absolute atomic E-state index is 13.2. The molecular formula is C22H26N2O4S. The fourth-order valence-corrected chi connectivity index (χ4v) is 4.74. The summed E-state index contributed by atoms with van der Waals surface area (Å²) in [4.78, 5) is 30.5. The number of nitrogens with zero attached hydrogens (tertiary/aromatic N) is 2. The summed E-state index contributed by atoms with van der Waals surface area (Å²) < 4.78 is 11.0. The van der Waals surface area contributed by atoms with E-state index < -0.39 is 0 Å². The van der Waals surface area contributed by atoms with Gasteiger partial charge >= 0.3 is 0 Å². The molecule has 2 heterocycles. The summed E-state index contributed by atoms with van der Waals surface area (Å²) in [5.74, 6) is 0.644. The van der Waals surface area contributed by atoms with Crippen molar-refractivity contribution in [3.63, 3.8) is 0 Å². The minimum Gasteiger partial charge on any atom is -0.491 e. The van der Waals surface area contributed by atoms with Crippen LogP contribution in [0, 0.1) is 0 Å². The molecule has 0 bridgehead atoms. The molecule has 154 valence electrons. The van der Waals surface area contributed by atoms with Crippen LogP contribution in [0.4, 0.5) is 0 Å². The second kappa shape index (κ2) is 8.97. The lowest BCUT2D eigenvalue weighted by atomic mass is 10.0. The Morgan fingerprint density at radius 1 is 1.21 bits per heavy atom. The van der Waals surface area contributed by atoms with Crippen LogP contribution in [0.2, 0.25) is 0 Å². The van der Waals surface area contributed by atoms with Crippen molar-refractivity contribution in [1.29, 1.82) is 0 Å². The van der Waals surface area contributed by atoms with Crippen LogP contribution in [0.3, 0.4) is 0 Å². The maximum Gasteiger partial charge on any atom is 0.249 e. The van der Waals surface area contributed by atoms with Gasteiger partial charge < -0.3 is 19.3 Å². The maximum atomic E-state index is 13.2. The average Bonchev–Trinajstić information content (AvgIpc) is 3.46. The Labute approximate surface area is 175 Å². The van der Waals surface area contributed by atoms with Gasteiger partial charge in [0, 0.05) is 24.6 Å². The summed E-state index contributed by atoms with van der Waals surface area (Å²) in [6.07, 6.45) is 2.76. The molecule has 29 heavy (non-hydrogen) atoms. The fourth-order valence-electron chi connectivity index (χ4n) is 3.82. The molecule has 1 saturated carbocycles. The number of hydrogen-bond acceptors (Lipinski definition) is 5. The van der Waals surface area contributed by atoms with Gasteiger partial charge in [0.15, 0.2) is 0 Å². The Morgan fingerprint density at radius 3 is 2.72 bits per heavy atom. The molecule has 1 aliphatic carbocycles. The predicted octanol–water partition coefficient (Wildman–Crippen LogP) is 2.89. The molecule has 2 amide bonds. The van der Waals surface area contributed by atoms with Crippen LogP contribution in [0.15, 0.2) is 41.8 Å². The van der Waals surface area contributed by atoms with Crippen molar-refractivity contribution < 1.29 is 19.1 Å². The van der Waals surface area contributed by atoms with Crippen LogP contribution < -0.4 is 4.74 Å². The molecule has 1 aromatic heterocycles. The van der Waals surface area contributed by atoms with Crippen LogP contribution in [-0.4, -0.2) is 61.1 Å². The summed E-state index contributed by atoms with van der Waals surface area (Å²) >= 11 is 1.73. The van der Waals surface area contributed by atoms with E-state index in [9.17, 15) is 9.59 Å². The van der Waals surface area contributed by atoms with Gasteiger partial charge in [0.25, 0.3) is 0 Å². The van der Waals surface area contributed by atoms with Gasteiger partial charge in [-0.15, -0.1) is 11.3 Å². The summed E-state index contributed by atoms with van der Waals surface area (Å²) in [5, 5.41) is 2.08. The van der Waals surface area contributed by atoms with E-state index in [1.807, 2.05) is 35.2 Å². The zero-order valence-electron chi connectivity index (χ0n) is 16.6. The van der Waals surface area contributed by atoms with Gasteiger partial charge in [0.2, 0.25) is 11.8 Å². The molecule has 1 atom stereocenters. The van der Waals surface area contributed by atoms with Gasteiger partial charge in [-0.25, -0.2) is 0 Å². The first-order valence-corrected chi connectivity index (χ1v) is 10.9. The molecule has 0 spiro atoms. The van der Waals surface area contributed by atoms with Crippen LogP contribution in [-0.2, 0) is 20.7 Å². The lowest BCUT2D eigenvalue weighted by Gasteiger charge is -2.37. The number of carbonyl (C=O) groups is 2. The quantitative estimate of drug-likeness (QED) is 0.667. The van der Waals surface area contributed by atoms with Crippen molar-refractivity contribution >= 4 is 23.2 Å².